The Morgan fingerprint density at radius 2 is 2.10 bits per heavy atom. The molecule has 0 amide bonds. The Labute approximate surface area is 180 Å². The van der Waals surface area contributed by atoms with Gasteiger partial charge in [0.15, 0.2) is 5.75 Å². The predicted molar refractivity (Wildman–Crippen MR) is 114 cm³/mol. The Kier molecular flexibility index (Phi) is 6.13. The van der Waals surface area contributed by atoms with Crippen LogP contribution in [0, 0.1) is 18.3 Å². The normalized spacial score (nSPS) is 14.8. The molecule has 0 aliphatic carbocycles. The molecule has 1 unspecified atom stereocenters. The summed E-state index contributed by atoms with van der Waals surface area (Å²) in [7, 11) is 0. The number of nitrogens with two attached hydrogens (primary N) is 1. The maximum atomic E-state index is 9.99. The first-order chi connectivity index (χ1) is 15.1. The molecule has 1 saturated heterocycles. The molecule has 0 saturated carbocycles. The molecule has 9 heteroatoms. The van der Waals surface area contributed by atoms with Gasteiger partial charge in [0.25, 0.3) is 0 Å². The van der Waals surface area contributed by atoms with Crippen molar-refractivity contribution in [3.63, 3.8) is 0 Å². The van der Waals surface area contributed by atoms with Crippen LogP contribution < -0.4 is 15.4 Å². The van der Waals surface area contributed by atoms with Crippen molar-refractivity contribution in [2.45, 2.75) is 13.0 Å². The Morgan fingerprint density at radius 3 is 2.84 bits per heavy atom. The number of aryl methyl sites for hydroxylation is 1. The van der Waals surface area contributed by atoms with Crippen molar-refractivity contribution >= 4 is 5.82 Å². The minimum absolute atomic E-state index is 0.100. The van der Waals surface area contributed by atoms with Gasteiger partial charge in [0.2, 0.25) is 0 Å². The topological polar surface area (TPSA) is 122 Å². The number of ether oxygens (including phenoxy) is 2. The van der Waals surface area contributed by atoms with Crippen LogP contribution in [-0.4, -0.2) is 52.7 Å². The van der Waals surface area contributed by atoms with E-state index in [1.165, 1.54) is 0 Å². The summed E-state index contributed by atoms with van der Waals surface area (Å²) in [6.45, 7) is 4.88. The zero-order chi connectivity index (χ0) is 21.8. The molecule has 1 fully saturated rings. The first-order valence-corrected chi connectivity index (χ1v) is 10.0. The van der Waals surface area contributed by atoms with Gasteiger partial charge in [0.1, 0.15) is 17.3 Å². The molecule has 3 N–H and O–H groups in total. The third-order valence-electron chi connectivity index (χ3n) is 5.02. The van der Waals surface area contributed by atoms with Crippen molar-refractivity contribution in [1.82, 2.24) is 14.8 Å². The number of nitriles is 1. The van der Waals surface area contributed by atoms with Gasteiger partial charge in [-0.1, -0.05) is 0 Å². The van der Waals surface area contributed by atoms with E-state index in [4.69, 9.17) is 15.2 Å². The van der Waals surface area contributed by atoms with Gasteiger partial charge in [-0.3, -0.25) is 0 Å². The van der Waals surface area contributed by atoms with E-state index in [1.807, 2.05) is 19.1 Å². The molecule has 4 rings (SSSR count). The number of rotatable bonds is 6. The van der Waals surface area contributed by atoms with Crippen molar-refractivity contribution in [2.24, 2.45) is 5.73 Å². The monoisotopic (exact) mass is 420 g/mol. The molecule has 0 radical (unpaired) electrons. The first-order valence-electron chi connectivity index (χ1n) is 10.0. The zero-order valence-corrected chi connectivity index (χ0v) is 17.2. The highest BCUT2D eigenvalue weighted by molar-refractivity contribution is 5.54. The van der Waals surface area contributed by atoms with E-state index in [2.05, 4.69) is 21.1 Å². The van der Waals surface area contributed by atoms with E-state index in [1.54, 1.807) is 35.3 Å². The van der Waals surface area contributed by atoms with Crippen LogP contribution in [0.25, 0.3) is 5.69 Å². The average Bonchev–Trinajstić information content (AvgIpc) is 3.28. The fourth-order valence-electron chi connectivity index (χ4n) is 3.39. The van der Waals surface area contributed by atoms with E-state index < -0.39 is 6.10 Å². The summed E-state index contributed by atoms with van der Waals surface area (Å²) in [6, 6.07) is 11.0. The molecule has 31 heavy (non-hydrogen) atoms. The number of aromatic nitrogens is 3. The second kappa shape index (κ2) is 9.14. The number of anilines is 1. The fraction of sp³-hybridized carbons (Fsp3) is 0.318. The van der Waals surface area contributed by atoms with Crippen molar-refractivity contribution < 1.29 is 14.6 Å². The van der Waals surface area contributed by atoms with Crippen LogP contribution in [0.1, 0.15) is 22.9 Å². The standard InChI is InChI=1S/C22H24N6O3/c1-15-8-18(10-22(26-15)27-4-6-30-7-5-27)31-21-9-16(11-23)2-3-19(21)28-14-17(13-25-28)20(29)12-24/h2-3,8-10,13-14,20,29H,4-7,12,24H2,1H3. The summed E-state index contributed by atoms with van der Waals surface area (Å²) in [6.07, 6.45) is 2.46. The molecule has 1 atom stereocenters. The van der Waals surface area contributed by atoms with Crippen molar-refractivity contribution in [3.05, 3.63) is 59.5 Å². The summed E-state index contributed by atoms with van der Waals surface area (Å²) in [5.74, 6) is 1.90. The third-order valence-corrected chi connectivity index (χ3v) is 5.02. The number of aliphatic hydroxyl groups excluding tert-OH is 1. The maximum Gasteiger partial charge on any atom is 0.154 e. The van der Waals surface area contributed by atoms with Crippen molar-refractivity contribution in [3.8, 4) is 23.3 Å². The lowest BCUT2D eigenvalue weighted by Gasteiger charge is -2.28. The highest BCUT2D eigenvalue weighted by atomic mass is 16.5. The molecular weight excluding hydrogens is 396 g/mol. The van der Waals surface area contributed by atoms with Crippen LogP contribution in [0.2, 0.25) is 0 Å². The Balaban J connectivity index is 1.69. The number of benzene rings is 1. The van der Waals surface area contributed by atoms with Crippen LogP contribution >= 0.6 is 0 Å². The zero-order valence-electron chi connectivity index (χ0n) is 17.2. The Bertz CT molecular complexity index is 1100. The minimum Gasteiger partial charge on any atom is -0.455 e. The number of pyridine rings is 1. The lowest BCUT2D eigenvalue weighted by Crippen LogP contribution is -2.36. The molecule has 9 nitrogen and oxygen atoms in total. The van der Waals surface area contributed by atoms with E-state index in [-0.39, 0.29) is 6.54 Å². The van der Waals surface area contributed by atoms with E-state index in [9.17, 15) is 10.4 Å². The Hall–Kier alpha value is -3.45. The van der Waals surface area contributed by atoms with Crippen LogP contribution in [0.5, 0.6) is 11.5 Å². The molecule has 0 bridgehead atoms. The molecule has 0 spiro atoms. The molecular formula is C22H24N6O3. The predicted octanol–water partition coefficient (Wildman–Crippen LogP) is 2.07. The van der Waals surface area contributed by atoms with Gasteiger partial charge in [-0.2, -0.15) is 10.4 Å². The Morgan fingerprint density at radius 1 is 1.29 bits per heavy atom. The van der Waals surface area contributed by atoms with Crippen LogP contribution in [0.4, 0.5) is 5.82 Å². The summed E-state index contributed by atoms with van der Waals surface area (Å²) >= 11 is 0. The van der Waals surface area contributed by atoms with Crippen LogP contribution in [0.15, 0.2) is 42.7 Å². The van der Waals surface area contributed by atoms with Gasteiger partial charge < -0.3 is 25.2 Å². The third kappa shape index (κ3) is 4.67. The second-order valence-electron chi connectivity index (χ2n) is 7.27. The van der Waals surface area contributed by atoms with Gasteiger partial charge in [0, 0.05) is 55.3 Å². The summed E-state index contributed by atoms with van der Waals surface area (Å²) in [5, 5.41) is 23.7. The van der Waals surface area contributed by atoms with Gasteiger partial charge in [-0.15, -0.1) is 0 Å². The second-order valence-corrected chi connectivity index (χ2v) is 7.27. The van der Waals surface area contributed by atoms with Gasteiger partial charge >= 0.3 is 0 Å². The molecule has 160 valence electrons. The van der Waals surface area contributed by atoms with Gasteiger partial charge in [0.05, 0.1) is 37.1 Å². The van der Waals surface area contributed by atoms with Crippen LogP contribution in [0.3, 0.4) is 0 Å². The van der Waals surface area contributed by atoms with Crippen molar-refractivity contribution in [1.29, 1.82) is 5.26 Å². The number of aliphatic hydroxyl groups is 1. The maximum absolute atomic E-state index is 9.99. The van der Waals surface area contributed by atoms with Crippen molar-refractivity contribution in [2.75, 3.05) is 37.7 Å². The summed E-state index contributed by atoms with van der Waals surface area (Å²) in [5.41, 5.74) is 8.07. The molecule has 1 aromatic carbocycles. The smallest absolute Gasteiger partial charge is 0.154 e. The highest BCUT2D eigenvalue weighted by Crippen LogP contribution is 2.32. The number of hydrogen-bond donors (Lipinski definition) is 2. The average molecular weight is 420 g/mol. The van der Waals surface area contributed by atoms with Gasteiger partial charge in [-0.25, -0.2) is 9.67 Å². The molecule has 3 heterocycles. The lowest BCUT2D eigenvalue weighted by molar-refractivity contribution is 0.122. The van der Waals surface area contributed by atoms with E-state index in [0.29, 0.717) is 41.5 Å². The SMILES string of the molecule is Cc1cc(Oc2cc(C#N)ccc2-n2cc(C(O)CN)cn2)cc(N2CCOCC2)n1. The molecule has 2 aromatic heterocycles. The number of nitrogens with zero attached hydrogens (tertiary/aromatic N) is 5. The van der Waals surface area contributed by atoms with Crippen LogP contribution in [-0.2, 0) is 4.74 Å². The number of morpholine rings is 1. The largest absolute Gasteiger partial charge is 0.455 e. The first kappa shape index (κ1) is 20.8. The lowest BCUT2D eigenvalue weighted by atomic mass is 10.2. The summed E-state index contributed by atoms with van der Waals surface area (Å²) < 4.78 is 13.2. The number of hydrogen-bond acceptors (Lipinski definition) is 8. The fourth-order valence-corrected chi connectivity index (χ4v) is 3.39. The molecule has 3 aromatic rings. The highest BCUT2D eigenvalue weighted by Gasteiger charge is 2.16. The summed E-state index contributed by atoms with van der Waals surface area (Å²) in [4.78, 5) is 6.78. The van der Waals surface area contributed by atoms with E-state index >= 15 is 0 Å². The molecule has 1 aliphatic heterocycles. The molecule has 1 aliphatic rings. The van der Waals surface area contributed by atoms with Gasteiger partial charge in [-0.05, 0) is 19.1 Å². The minimum atomic E-state index is -0.796. The van der Waals surface area contributed by atoms with E-state index in [0.717, 1.165) is 24.6 Å². The quantitative estimate of drug-likeness (QED) is 0.621.